The maximum atomic E-state index is 12.0. The lowest BCUT2D eigenvalue weighted by molar-refractivity contribution is -0.275. The van der Waals surface area contributed by atoms with Crippen LogP contribution in [0.2, 0.25) is 0 Å². The lowest BCUT2D eigenvalue weighted by Gasteiger charge is -2.13. The van der Waals surface area contributed by atoms with Gasteiger partial charge in [0.15, 0.2) is 5.75 Å². The fourth-order valence-electron chi connectivity index (χ4n) is 1.01. The van der Waals surface area contributed by atoms with E-state index in [1.165, 1.54) is 0 Å². The summed E-state index contributed by atoms with van der Waals surface area (Å²) in [7, 11) is 0.527. The molecule has 0 aliphatic rings. The first kappa shape index (κ1) is 14.4. The standard InChI is InChI=1S/C7H4BrClF3NO3S/c8-3-1-2-4(16-7(10,11)12)6(5(3)13)17(9,14)15/h1-2H,13H2. The first-order valence-electron chi connectivity index (χ1n) is 3.81. The average molecular weight is 355 g/mol. The van der Waals surface area contributed by atoms with E-state index in [4.69, 9.17) is 16.4 Å². The summed E-state index contributed by atoms with van der Waals surface area (Å²) in [6, 6.07) is 1.91. The molecule has 0 heterocycles. The Hall–Kier alpha value is -0.670. The van der Waals surface area contributed by atoms with E-state index in [9.17, 15) is 21.6 Å². The summed E-state index contributed by atoms with van der Waals surface area (Å²) in [6.07, 6.45) is -5.05. The van der Waals surface area contributed by atoms with Gasteiger partial charge in [0.25, 0.3) is 9.05 Å². The molecule has 2 N–H and O–H groups in total. The third-order valence-electron chi connectivity index (χ3n) is 1.58. The van der Waals surface area contributed by atoms with Crippen molar-refractivity contribution in [2.45, 2.75) is 11.3 Å². The van der Waals surface area contributed by atoms with Crippen LogP contribution in [0.4, 0.5) is 18.9 Å². The number of alkyl halides is 3. The molecule has 0 aliphatic heterocycles. The van der Waals surface area contributed by atoms with Crippen molar-refractivity contribution in [1.29, 1.82) is 0 Å². The van der Waals surface area contributed by atoms with Crippen molar-refractivity contribution in [3.63, 3.8) is 0 Å². The van der Waals surface area contributed by atoms with Gasteiger partial charge in [-0.25, -0.2) is 8.42 Å². The van der Waals surface area contributed by atoms with Crippen LogP contribution < -0.4 is 10.5 Å². The highest BCUT2D eigenvalue weighted by Crippen LogP contribution is 2.39. The zero-order chi connectivity index (χ0) is 13.4. The number of benzene rings is 1. The second-order valence-electron chi connectivity index (χ2n) is 2.77. The van der Waals surface area contributed by atoms with Crippen LogP contribution in [0.1, 0.15) is 0 Å². The van der Waals surface area contributed by atoms with Crippen LogP contribution in [-0.2, 0) is 9.05 Å². The number of ether oxygens (including phenoxy) is 1. The van der Waals surface area contributed by atoms with Crippen molar-refractivity contribution in [3.8, 4) is 5.75 Å². The fraction of sp³-hybridized carbons (Fsp3) is 0.143. The minimum absolute atomic E-state index is 0.0891. The van der Waals surface area contributed by atoms with Crippen molar-refractivity contribution in [3.05, 3.63) is 16.6 Å². The van der Waals surface area contributed by atoms with E-state index in [1.54, 1.807) is 0 Å². The Morgan fingerprint density at radius 3 is 2.29 bits per heavy atom. The van der Waals surface area contributed by atoms with Crippen LogP contribution in [0.25, 0.3) is 0 Å². The fourth-order valence-corrected chi connectivity index (χ4v) is 2.67. The van der Waals surface area contributed by atoms with E-state index in [0.717, 1.165) is 12.1 Å². The molecule has 0 spiro atoms. The van der Waals surface area contributed by atoms with Gasteiger partial charge < -0.3 is 10.5 Å². The number of rotatable bonds is 2. The van der Waals surface area contributed by atoms with Gasteiger partial charge in [-0.2, -0.15) is 0 Å². The molecule has 1 aromatic rings. The third kappa shape index (κ3) is 3.65. The third-order valence-corrected chi connectivity index (χ3v) is 3.64. The SMILES string of the molecule is Nc1c(Br)ccc(OC(F)(F)F)c1S(=O)(=O)Cl. The molecular formula is C7H4BrClF3NO3S. The van der Waals surface area contributed by atoms with Gasteiger partial charge in [-0.05, 0) is 28.1 Å². The van der Waals surface area contributed by atoms with Crippen molar-refractivity contribution in [1.82, 2.24) is 0 Å². The largest absolute Gasteiger partial charge is 0.573 e. The second-order valence-corrected chi connectivity index (χ2v) is 6.13. The predicted octanol–water partition coefficient (Wildman–Crippen LogP) is 2.86. The molecule has 0 aromatic heterocycles. The van der Waals surface area contributed by atoms with E-state index in [-0.39, 0.29) is 4.47 Å². The predicted molar refractivity (Wildman–Crippen MR) is 58.3 cm³/mol. The van der Waals surface area contributed by atoms with Gasteiger partial charge in [-0.3, -0.25) is 0 Å². The molecule has 1 rings (SSSR count). The zero-order valence-corrected chi connectivity index (χ0v) is 10.9. The topological polar surface area (TPSA) is 69.4 Å². The quantitative estimate of drug-likeness (QED) is 0.655. The molecule has 0 atom stereocenters. The summed E-state index contributed by atoms with van der Waals surface area (Å²) in [6.45, 7) is 0. The average Bonchev–Trinajstić information content (AvgIpc) is 2.06. The normalized spacial score (nSPS) is 12.5. The maximum Gasteiger partial charge on any atom is 0.573 e. The first-order chi connectivity index (χ1) is 7.52. The molecular weight excluding hydrogens is 350 g/mol. The summed E-state index contributed by atoms with van der Waals surface area (Å²) >= 11 is 2.87. The van der Waals surface area contributed by atoms with Crippen LogP contribution >= 0.6 is 26.6 Å². The Morgan fingerprint density at radius 2 is 1.88 bits per heavy atom. The van der Waals surface area contributed by atoms with Crippen molar-refractivity contribution >= 4 is 41.4 Å². The van der Waals surface area contributed by atoms with Gasteiger partial charge >= 0.3 is 6.36 Å². The Morgan fingerprint density at radius 1 is 1.35 bits per heavy atom. The monoisotopic (exact) mass is 353 g/mol. The molecule has 0 saturated carbocycles. The minimum Gasteiger partial charge on any atom is -0.404 e. The van der Waals surface area contributed by atoms with E-state index < -0.39 is 31.7 Å². The van der Waals surface area contributed by atoms with Gasteiger partial charge in [0.05, 0.1) is 5.69 Å². The zero-order valence-electron chi connectivity index (χ0n) is 7.75. The molecule has 0 aliphatic carbocycles. The molecule has 0 saturated heterocycles. The van der Waals surface area contributed by atoms with Gasteiger partial charge in [-0.15, -0.1) is 13.2 Å². The molecule has 0 unspecified atom stereocenters. The van der Waals surface area contributed by atoms with E-state index in [1.807, 2.05) is 0 Å². The Labute approximate surface area is 107 Å². The van der Waals surface area contributed by atoms with Crippen LogP contribution in [0.15, 0.2) is 21.5 Å². The summed E-state index contributed by atoms with van der Waals surface area (Å²) in [5.41, 5.74) is 4.87. The van der Waals surface area contributed by atoms with Crippen LogP contribution in [-0.4, -0.2) is 14.8 Å². The van der Waals surface area contributed by atoms with Crippen molar-refractivity contribution in [2.24, 2.45) is 0 Å². The Balaban J connectivity index is 3.47. The number of nitrogen functional groups attached to an aromatic ring is 1. The molecule has 0 fully saturated rings. The summed E-state index contributed by atoms with van der Waals surface area (Å²) in [5, 5.41) is 0. The molecule has 96 valence electrons. The van der Waals surface area contributed by atoms with Gasteiger partial charge in [0, 0.05) is 15.2 Å². The lowest BCUT2D eigenvalue weighted by Crippen LogP contribution is -2.19. The van der Waals surface area contributed by atoms with Gasteiger partial charge in [0.1, 0.15) is 4.90 Å². The summed E-state index contributed by atoms with van der Waals surface area (Å²) < 4.78 is 62.0. The smallest absolute Gasteiger partial charge is 0.404 e. The van der Waals surface area contributed by atoms with Crippen LogP contribution in [0.5, 0.6) is 5.75 Å². The van der Waals surface area contributed by atoms with E-state index >= 15 is 0 Å². The number of hydrogen-bond donors (Lipinski definition) is 1. The number of nitrogens with two attached hydrogens (primary N) is 1. The van der Waals surface area contributed by atoms with Crippen molar-refractivity contribution < 1.29 is 26.3 Å². The second kappa shape index (κ2) is 4.54. The molecule has 0 bridgehead atoms. The highest BCUT2D eigenvalue weighted by atomic mass is 79.9. The lowest BCUT2D eigenvalue weighted by atomic mass is 10.3. The van der Waals surface area contributed by atoms with Crippen LogP contribution in [0, 0.1) is 0 Å². The van der Waals surface area contributed by atoms with E-state index in [2.05, 4.69) is 20.7 Å². The molecule has 4 nitrogen and oxygen atoms in total. The van der Waals surface area contributed by atoms with E-state index in [0.29, 0.717) is 0 Å². The highest BCUT2D eigenvalue weighted by Gasteiger charge is 2.35. The number of hydrogen-bond acceptors (Lipinski definition) is 4. The molecule has 0 radical (unpaired) electrons. The first-order valence-corrected chi connectivity index (χ1v) is 6.91. The Bertz CT molecular complexity index is 546. The number of halogens is 5. The molecule has 17 heavy (non-hydrogen) atoms. The highest BCUT2D eigenvalue weighted by molar-refractivity contribution is 9.10. The maximum absolute atomic E-state index is 12.0. The molecule has 0 amide bonds. The number of anilines is 1. The van der Waals surface area contributed by atoms with Gasteiger partial charge in [0.2, 0.25) is 0 Å². The summed E-state index contributed by atoms with van der Waals surface area (Å²) in [4.78, 5) is -0.925. The minimum atomic E-state index is -5.05. The van der Waals surface area contributed by atoms with Gasteiger partial charge in [-0.1, -0.05) is 0 Å². The summed E-state index contributed by atoms with van der Waals surface area (Å²) in [5.74, 6) is -0.979. The van der Waals surface area contributed by atoms with Crippen LogP contribution in [0.3, 0.4) is 0 Å². The molecule has 10 heteroatoms. The van der Waals surface area contributed by atoms with Crippen molar-refractivity contribution in [2.75, 3.05) is 5.73 Å². The Kier molecular flexibility index (Phi) is 3.84. The molecule has 1 aromatic carbocycles.